The van der Waals surface area contributed by atoms with E-state index in [2.05, 4.69) is 0 Å². The van der Waals surface area contributed by atoms with Gasteiger partial charge in [0.25, 0.3) is 5.60 Å². The lowest BCUT2D eigenvalue weighted by molar-refractivity contribution is -0.144. The fraction of sp³-hybridized carbons (Fsp3) is 0.312. The summed E-state index contributed by atoms with van der Waals surface area (Å²) in [6.07, 6.45) is -0.155. The Labute approximate surface area is 131 Å². The Hall–Kier alpha value is -2.67. The van der Waals surface area contributed by atoms with Crippen LogP contribution in [0.5, 0.6) is 5.75 Å². The molecule has 1 aromatic rings. The fourth-order valence-corrected chi connectivity index (χ4v) is 2.33. The van der Waals surface area contributed by atoms with Crippen LogP contribution in [0, 0.1) is 0 Å². The van der Waals surface area contributed by atoms with E-state index in [9.17, 15) is 14.4 Å². The highest BCUT2D eigenvalue weighted by molar-refractivity contribution is 6.24. The average Bonchev–Trinajstić information content (AvgIpc) is 3.31. The van der Waals surface area contributed by atoms with Crippen molar-refractivity contribution in [3.63, 3.8) is 0 Å². The van der Waals surface area contributed by atoms with Crippen molar-refractivity contribution in [2.75, 3.05) is 13.7 Å². The van der Waals surface area contributed by atoms with Gasteiger partial charge in [0.1, 0.15) is 5.75 Å². The molecule has 2 aliphatic heterocycles. The van der Waals surface area contributed by atoms with Crippen LogP contribution in [-0.4, -0.2) is 43.1 Å². The topological polar surface area (TPSA) is 91.4 Å². The molecular weight excluding hydrogens is 304 g/mol. The minimum Gasteiger partial charge on any atom is -0.497 e. The second-order valence-corrected chi connectivity index (χ2v) is 4.95. The number of carbonyl (C=O) groups is 3. The first kappa shape index (κ1) is 15.2. The third-order valence-corrected chi connectivity index (χ3v) is 3.60. The summed E-state index contributed by atoms with van der Waals surface area (Å²) in [5.41, 5.74) is -1.41. The Morgan fingerprint density at radius 2 is 1.96 bits per heavy atom. The molecular formula is C16H14O7. The zero-order valence-electron chi connectivity index (χ0n) is 12.5. The first-order valence-corrected chi connectivity index (χ1v) is 6.99. The quantitative estimate of drug-likeness (QED) is 0.346. The standard InChI is InChI=1S/C16H14O7/c1-3-21-14(19)11-8-12(17)16(15(22-11)23-16)13(18)9-4-6-10(20-2)7-5-9/h4-8,15H,3H2,1-2H3. The lowest BCUT2D eigenvalue weighted by atomic mass is 9.91. The summed E-state index contributed by atoms with van der Waals surface area (Å²) in [6, 6.07) is 6.28. The number of benzene rings is 1. The van der Waals surface area contributed by atoms with Gasteiger partial charge in [-0.1, -0.05) is 0 Å². The van der Waals surface area contributed by atoms with Crippen molar-refractivity contribution >= 4 is 17.5 Å². The lowest BCUT2D eigenvalue weighted by Crippen LogP contribution is -2.39. The van der Waals surface area contributed by atoms with E-state index in [1.807, 2.05) is 0 Å². The zero-order valence-corrected chi connectivity index (χ0v) is 12.5. The van der Waals surface area contributed by atoms with Crippen molar-refractivity contribution < 1.29 is 33.3 Å². The van der Waals surface area contributed by atoms with Crippen molar-refractivity contribution in [3.05, 3.63) is 41.7 Å². The molecule has 0 bridgehead atoms. The molecule has 0 spiro atoms. The molecule has 7 nitrogen and oxygen atoms in total. The van der Waals surface area contributed by atoms with Crippen LogP contribution in [0.2, 0.25) is 0 Å². The number of epoxide rings is 1. The summed E-state index contributed by atoms with van der Waals surface area (Å²) in [4.78, 5) is 36.4. The molecule has 23 heavy (non-hydrogen) atoms. The SMILES string of the molecule is CCOC(=O)C1=CC(=O)C2(C(=O)c3ccc(OC)cc3)OC2O1. The van der Waals surface area contributed by atoms with Crippen LogP contribution in [0.3, 0.4) is 0 Å². The molecule has 0 N–H and O–H groups in total. The van der Waals surface area contributed by atoms with Gasteiger partial charge < -0.3 is 18.9 Å². The molecule has 0 aromatic heterocycles. The smallest absolute Gasteiger partial charge is 0.373 e. The van der Waals surface area contributed by atoms with E-state index in [1.165, 1.54) is 19.2 Å². The van der Waals surface area contributed by atoms with Gasteiger partial charge in [0.2, 0.25) is 23.6 Å². The van der Waals surface area contributed by atoms with Crippen molar-refractivity contribution in [2.24, 2.45) is 0 Å². The lowest BCUT2D eigenvalue weighted by Gasteiger charge is -2.15. The van der Waals surface area contributed by atoms with Crippen LogP contribution in [0.15, 0.2) is 36.1 Å². The van der Waals surface area contributed by atoms with Crippen molar-refractivity contribution in [1.29, 1.82) is 0 Å². The summed E-state index contributed by atoms with van der Waals surface area (Å²) in [5.74, 6) is -1.57. The summed E-state index contributed by atoms with van der Waals surface area (Å²) in [5, 5.41) is 0. The van der Waals surface area contributed by atoms with Crippen LogP contribution in [-0.2, 0) is 23.8 Å². The number of ether oxygens (including phenoxy) is 4. The third kappa shape index (κ3) is 2.39. The minimum atomic E-state index is -1.70. The van der Waals surface area contributed by atoms with E-state index < -0.39 is 29.4 Å². The van der Waals surface area contributed by atoms with Gasteiger partial charge in [0, 0.05) is 11.6 Å². The Morgan fingerprint density at radius 3 is 2.52 bits per heavy atom. The van der Waals surface area contributed by atoms with Crippen LogP contribution < -0.4 is 4.74 Å². The molecule has 0 radical (unpaired) electrons. The predicted molar refractivity (Wildman–Crippen MR) is 75.7 cm³/mol. The van der Waals surface area contributed by atoms with Crippen molar-refractivity contribution in [3.8, 4) is 5.75 Å². The van der Waals surface area contributed by atoms with Crippen LogP contribution in [0.4, 0.5) is 0 Å². The van der Waals surface area contributed by atoms with Gasteiger partial charge in [-0.05, 0) is 31.2 Å². The first-order chi connectivity index (χ1) is 11.0. The Bertz CT molecular complexity index is 704. The van der Waals surface area contributed by atoms with Gasteiger partial charge >= 0.3 is 5.97 Å². The number of ketones is 2. The van der Waals surface area contributed by atoms with Crippen molar-refractivity contribution in [1.82, 2.24) is 0 Å². The van der Waals surface area contributed by atoms with E-state index in [1.54, 1.807) is 19.1 Å². The molecule has 2 atom stereocenters. The monoisotopic (exact) mass is 318 g/mol. The largest absolute Gasteiger partial charge is 0.497 e. The summed E-state index contributed by atoms with van der Waals surface area (Å²) in [7, 11) is 1.51. The summed E-state index contributed by atoms with van der Waals surface area (Å²) < 4.78 is 20.2. The number of hydrogen-bond acceptors (Lipinski definition) is 7. The molecule has 1 saturated heterocycles. The number of carbonyl (C=O) groups excluding carboxylic acids is 3. The number of rotatable bonds is 5. The number of esters is 1. The molecule has 2 unspecified atom stereocenters. The predicted octanol–water partition coefficient (Wildman–Crippen LogP) is 1.02. The van der Waals surface area contributed by atoms with E-state index in [4.69, 9.17) is 18.9 Å². The Kier molecular flexibility index (Phi) is 3.65. The molecule has 0 amide bonds. The summed E-state index contributed by atoms with van der Waals surface area (Å²) >= 11 is 0. The molecule has 2 aliphatic rings. The second-order valence-electron chi connectivity index (χ2n) is 4.95. The van der Waals surface area contributed by atoms with Crippen molar-refractivity contribution in [2.45, 2.75) is 18.8 Å². The molecule has 1 fully saturated rings. The number of fused-ring (bicyclic) bond motifs is 1. The van der Waals surface area contributed by atoms with Crippen LogP contribution in [0.1, 0.15) is 17.3 Å². The average molecular weight is 318 g/mol. The zero-order chi connectivity index (χ0) is 16.6. The van der Waals surface area contributed by atoms with Gasteiger partial charge in [-0.2, -0.15) is 0 Å². The van der Waals surface area contributed by atoms with E-state index in [0.29, 0.717) is 11.3 Å². The van der Waals surface area contributed by atoms with Crippen LogP contribution in [0.25, 0.3) is 0 Å². The molecule has 7 heteroatoms. The molecule has 3 rings (SSSR count). The first-order valence-electron chi connectivity index (χ1n) is 6.99. The normalized spacial score (nSPS) is 24.9. The second kappa shape index (κ2) is 5.51. The number of hydrogen-bond donors (Lipinski definition) is 0. The highest BCUT2D eigenvalue weighted by atomic mass is 16.8. The van der Waals surface area contributed by atoms with E-state index >= 15 is 0 Å². The van der Waals surface area contributed by atoms with E-state index in [0.717, 1.165) is 6.08 Å². The molecule has 2 heterocycles. The fourth-order valence-electron chi connectivity index (χ4n) is 2.33. The minimum absolute atomic E-state index is 0.148. The highest BCUT2D eigenvalue weighted by Gasteiger charge is 2.72. The molecule has 120 valence electrons. The Balaban J connectivity index is 1.83. The van der Waals surface area contributed by atoms with Gasteiger partial charge in [-0.3, -0.25) is 9.59 Å². The molecule has 0 aliphatic carbocycles. The maximum Gasteiger partial charge on any atom is 0.373 e. The highest BCUT2D eigenvalue weighted by Crippen LogP contribution is 2.45. The Morgan fingerprint density at radius 1 is 1.26 bits per heavy atom. The van der Waals surface area contributed by atoms with Gasteiger partial charge in [0.15, 0.2) is 0 Å². The van der Waals surface area contributed by atoms with Crippen LogP contribution >= 0.6 is 0 Å². The maximum atomic E-state index is 12.6. The molecule has 1 aromatic carbocycles. The van der Waals surface area contributed by atoms with Gasteiger partial charge in [-0.25, -0.2) is 4.79 Å². The van der Waals surface area contributed by atoms with Gasteiger partial charge in [-0.15, -0.1) is 0 Å². The molecule has 0 saturated carbocycles. The number of methoxy groups -OCH3 is 1. The number of Topliss-reactive ketones (excluding diaryl/α,β-unsaturated/α-hetero) is 1. The third-order valence-electron chi connectivity index (χ3n) is 3.60. The maximum absolute atomic E-state index is 12.6. The van der Waals surface area contributed by atoms with Gasteiger partial charge in [0.05, 0.1) is 13.7 Å². The van der Waals surface area contributed by atoms with E-state index in [-0.39, 0.29) is 12.4 Å². The summed E-state index contributed by atoms with van der Waals surface area (Å²) in [6.45, 7) is 1.78.